The second kappa shape index (κ2) is 13.5. The molecule has 0 spiro atoms. The Morgan fingerprint density at radius 3 is 2.66 bits per heavy atom. The lowest BCUT2D eigenvalue weighted by Gasteiger charge is -2.23. The van der Waals surface area contributed by atoms with Crippen molar-refractivity contribution >= 4 is 28.3 Å². The fourth-order valence-electron chi connectivity index (χ4n) is 4.22. The summed E-state index contributed by atoms with van der Waals surface area (Å²) in [7, 11) is 1.60. The van der Waals surface area contributed by atoms with Gasteiger partial charge in [0.15, 0.2) is 0 Å². The Kier molecular flexibility index (Phi) is 10.0. The Morgan fingerprint density at radius 1 is 1.12 bits per heavy atom. The lowest BCUT2D eigenvalue weighted by atomic mass is 10.0. The number of carbonyl (C=O) groups is 1. The molecule has 2 aromatic heterocycles. The molecule has 10 heteroatoms. The smallest absolute Gasteiger partial charge is 0.310 e. The minimum Gasteiger partial charge on any atom is -0.598 e. The SMILES string of the molecule is CCOC(=O)Cc1ccc(F)cc1OCc1cc(-c2ccnc(CN[S@@+]([O-])C(C)(C)C)c2)c2oc(COC)cc2c1. The van der Waals surface area contributed by atoms with Crippen LogP contribution in [0.3, 0.4) is 0 Å². The lowest BCUT2D eigenvalue weighted by Crippen LogP contribution is -2.39. The topological polar surface area (TPSA) is 106 Å². The monoisotopic (exact) mass is 582 g/mol. The van der Waals surface area contributed by atoms with E-state index >= 15 is 0 Å². The number of aromatic nitrogens is 1. The number of nitrogens with zero attached hydrogens (tertiary/aromatic N) is 1. The summed E-state index contributed by atoms with van der Waals surface area (Å²) in [6, 6.07) is 13.7. The molecule has 0 aliphatic carbocycles. The number of furan rings is 1. The highest BCUT2D eigenvalue weighted by Crippen LogP contribution is 2.34. The molecule has 8 nitrogen and oxygen atoms in total. The van der Waals surface area contributed by atoms with Crippen LogP contribution >= 0.6 is 0 Å². The second-order valence-electron chi connectivity index (χ2n) is 10.5. The van der Waals surface area contributed by atoms with Crippen molar-refractivity contribution in [3.8, 4) is 16.9 Å². The number of nitrogens with one attached hydrogen (secondary N) is 1. The van der Waals surface area contributed by atoms with E-state index in [9.17, 15) is 13.7 Å². The summed E-state index contributed by atoms with van der Waals surface area (Å²) in [6.07, 6.45) is 1.68. The fraction of sp³-hybridized carbons (Fsp3) is 0.355. The van der Waals surface area contributed by atoms with Gasteiger partial charge in [-0.15, -0.1) is 4.72 Å². The first-order valence-electron chi connectivity index (χ1n) is 13.3. The number of hydrogen-bond acceptors (Lipinski definition) is 8. The first-order chi connectivity index (χ1) is 19.6. The van der Waals surface area contributed by atoms with Gasteiger partial charge in [0.25, 0.3) is 0 Å². The van der Waals surface area contributed by atoms with E-state index in [0.29, 0.717) is 30.1 Å². The van der Waals surface area contributed by atoms with Crippen LogP contribution in [0, 0.1) is 5.82 Å². The van der Waals surface area contributed by atoms with Crippen molar-refractivity contribution in [1.82, 2.24) is 9.71 Å². The van der Waals surface area contributed by atoms with Crippen molar-refractivity contribution in [2.24, 2.45) is 0 Å². The first-order valence-corrected chi connectivity index (χ1v) is 14.4. The van der Waals surface area contributed by atoms with E-state index in [-0.39, 0.29) is 25.4 Å². The zero-order valence-electron chi connectivity index (χ0n) is 23.9. The second-order valence-corrected chi connectivity index (χ2v) is 12.5. The maximum atomic E-state index is 14.1. The van der Waals surface area contributed by atoms with Gasteiger partial charge in [-0.1, -0.05) is 6.07 Å². The highest BCUT2D eigenvalue weighted by molar-refractivity contribution is 7.90. The Bertz CT molecular complexity index is 1500. The number of halogens is 1. The summed E-state index contributed by atoms with van der Waals surface area (Å²) in [5, 5.41) is 0.851. The molecule has 0 amide bonds. The van der Waals surface area contributed by atoms with Gasteiger partial charge in [0.05, 0.1) is 25.3 Å². The van der Waals surface area contributed by atoms with Crippen molar-refractivity contribution in [1.29, 1.82) is 0 Å². The number of benzene rings is 2. The number of hydrogen-bond donors (Lipinski definition) is 1. The summed E-state index contributed by atoms with van der Waals surface area (Å²) in [6.45, 7) is 8.47. The fourth-order valence-corrected chi connectivity index (χ4v) is 4.93. The minimum absolute atomic E-state index is 0.0241. The van der Waals surface area contributed by atoms with E-state index in [1.807, 2.05) is 51.1 Å². The van der Waals surface area contributed by atoms with Gasteiger partial charge in [0, 0.05) is 47.2 Å². The molecule has 0 saturated carbocycles. The zero-order valence-corrected chi connectivity index (χ0v) is 24.7. The average molecular weight is 583 g/mol. The predicted molar refractivity (Wildman–Crippen MR) is 156 cm³/mol. The molecule has 0 unspecified atom stereocenters. The van der Waals surface area contributed by atoms with E-state index < -0.39 is 27.9 Å². The van der Waals surface area contributed by atoms with E-state index in [4.69, 9.17) is 18.6 Å². The molecule has 41 heavy (non-hydrogen) atoms. The molecular formula is C31H35FN2O6S. The summed E-state index contributed by atoms with van der Waals surface area (Å²) in [5.41, 5.74) is 4.43. The number of carbonyl (C=O) groups excluding carboxylic acids is 1. The van der Waals surface area contributed by atoms with Gasteiger partial charge in [-0.25, -0.2) is 4.39 Å². The zero-order chi connectivity index (χ0) is 29.6. The Labute approximate surface area is 242 Å². The molecule has 4 rings (SSSR count). The molecule has 0 fully saturated rings. The highest BCUT2D eigenvalue weighted by Gasteiger charge is 2.26. The summed E-state index contributed by atoms with van der Waals surface area (Å²) < 4.78 is 51.7. The van der Waals surface area contributed by atoms with Crippen LogP contribution in [0.25, 0.3) is 22.1 Å². The molecule has 0 aliphatic heterocycles. The minimum atomic E-state index is -1.24. The lowest BCUT2D eigenvalue weighted by molar-refractivity contribution is -0.142. The molecule has 0 aliphatic rings. The summed E-state index contributed by atoms with van der Waals surface area (Å²) >= 11 is -1.24. The molecule has 0 saturated heterocycles. The largest absolute Gasteiger partial charge is 0.598 e. The highest BCUT2D eigenvalue weighted by atomic mass is 32.2. The average Bonchev–Trinajstić information content (AvgIpc) is 3.33. The third-order valence-corrected chi connectivity index (χ3v) is 7.66. The number of ether oxygens (including phenoxy) is 3. The third-order valence-electron chi connectivity index (χ3n) is 6.15. The van der Waals surface area contributed by atoms with Crippen LogP contribution in [0.5, 0.6) is 5.75 Å². The van der Waals surface area contributed by atoms with Gasteiger partial charge in [-0.3, -0.25) is 9.78 Å². The predicted octanol–water partition coefficient (Wildman–Crippen LogP) is 6.02. The van der Waals surface area contributed by atoms with Crippen LogP contribution in [0.1, 0.15) is 50.3 Å². The molecule has 218 valence electrons. The van der Waals surface area contributed by atoms with Crippen molar-refractivity contribution < 1.29 is 32.4 Å². The third kappa shape index (κ3) is 8.07. The molecule has 2 aromatic carbocycles. The van der Waals surface area contributed by atoms with E-state index in [1.165, 1.54) is 18.2 Å². The molecule has 2 heterocycles. The number of esters is 1. The number of rotatable bonds is 12. The Hall–Kier alpha value is -3.44. The molecule has 1 atom stereocenters. The van der Waals surface area contributed by atoms with Crippen LogP contribution in [-0.4, -0.2) is 34.0 Å². The van der Waals surface area contributed by atoms with E-state index in [1.54, 1.807) is 20.2 Å². The standard InChI is InChI=1S/C31H35FN2O6S/c1-6-38-29(35)15-22-7-8-24(32)16-28(22)39-18-20-11-23-14-26(19-37-5)40-30(23)27(12-20)21-9-10-33-25(13-21)17-34-41(36)31(2,3)4/h7-14,16,34H,6,15,17-19H2,1-5H3/t41-/m0/s1. The van der Waals surface area contributed by atoms with Gasteiger partial charge in [-0.05, 0) is 75.2 Å². The van der Waals surface area contributed by atoms with Crippen LogP contribution in [-0.2, 0) is 51.8 Å². The normalized spacial score (nSPS) is 12.5. The van der Waals surface area contributed by atoms with Gasteiger partial charge in [-0.2, -0.15) is 0 Å². The maximum absolute atomic E-state index is 14.1. The van der Waals surface area contributed by atoms with Crippen molar-refractivity contribution in [2.45, 2.75) is 58.6 Å². The van der Waals surface area contributed by atoms with Gasteiger partial charge in [0.2, 0.25) is 0 Å². The number of fused-ring (bicyclic) bond motifs is 1. The van der Waals surface area contributed by atoms with Gasteiger partial charge in [0.1, 0.15) is 40.9 Å². The Morgan fingerprint density at radius 2 is 1.93 bits per heavy atom. The van der Waals surface area contributed by atoms with Crippen LogP contribution in [0.4, 0.5) is 4.39 Å². The molecule has 1 N–H and O–H groups in total. The van der Waals surface area contributed by atoms with E-state index in [2.05, 4.69) is 9.71 Å². The number of methoxy groups -OCH3 is 1. The van der Waals surface area contributed by atoms with Crippen LogP contribution < -0.4 is 9.46 Å². The molecular weight excluding hydrogens is 547 g/mol. The Balaban J connectivity index is 1.65. The molecule has 0 bridgehead atoms. The van der Waals surface area contributed by atoms with Gasteiger partial charge >= 0.3 is 5.97 Å². The van der Waals surface area contributed by atoms with Crippen molar-refractivity contribution in [2.75, 3.05) is 13.7 Å². The first kappa shape index (κ1) is 30.5. The summed E-state index contributed by atoms with van der Waals surface area (Å²) in [5.74, 6) is 0.0652. The van der Waals surface area contributed by atoms with Crippen LogP contribution in [0.15, 0.2) is 59.1 Å². The number of pyridine rings is 1. The molecule has 4 aromatic rings. The van der Waals surface area contributed by atoms with E-state index in [0.717, 1.165) is 27.8 Å². The van der Waals surface area contributed by atoms with Crippen molar-refractivity contribution in [3.63, 3.8) is 0 Å². The molecule has 0 radical (unpaired) electrons. The van der Waals surface area contributed by atoms with Crippen LogP contribution in [0.2, 0.25) is 0 Å². The van der Waals surface area contributed by atoms with Crippen molar-refractivity contribution in [3.05, 3.63) is 83.1 Å². The quantitative estimate of drug-likeness (QED) is 0.160. The maximum Gasteiger partial charge on any atom is 0.310 e. The van der Waals surface area contributed by atoms with Gasteiger partial charge < -0.3 is 23.2 Å². The summed E-state index contributed by atoms with van der Waals surface area (Å²) in [4.78, 5) is 16.5.